The summed E-state index contributed by atoms with van der Waals surface area (Å²) in [4.78, 5) is 2.75. The Morgan fingerprint density at radius 3 is 2.33 bits per heavy atom. The number of aliphatic hydroxyl groups excluding tert-OH is 1. The molecule has 0 aliphatic carbocycles. The molecule has 0 saturated carbocycles. The van der Waals surface area contributed by atoms with E-state index in [1.807, 2.05) is 6.07 Å². The molecule has 178 valence electrons. The monoisotopic (exact) mass is 479 g/mol. The van der Waals surface area contributed by atoms with E-state index in [2.05, 4.69) is 4.90 Å². The summed E-state index contributed by atoms with van der Waals surface area (Å²) in [5.74, 6) is 0. The number of hydrogen-bond acceptors (Lipinski definition) is 4. The van der Waals surface area contributed by atoms with Crippen molar-refractivity contribution in [2.45, 2.75) is 56.2 Å². The maximum Gasteiger partial charge on any atom is 0.416 e. The first-order chi connectivity index (χ1) is 15.6. The fourth-order valence-electron chi connectivity index (χ4n) is 4.63. The standard InChI is InChI=1S/C25H28F3NO3S/c1-17-24(19-6-8-20(9-7-19)25(26,27)28)22-10-5-18(16-23(22)33(17,31)32)4-2-3-13-29-14-11-21(30)12-15-29/h5-10,16,21,30H,2-4,11-15H2,1H3. The van der Waals surface area contributed by atoms with Crippen LogP contribution in [0.1, 0.15) is 54.9 Å². The Morgan fingerprint density at radius 2 is 1.70 bits per heavy atom. The molecule has 33 heavy (non-hydrogen) atoms. The lowest BCUT2D eigenvalue weighted by Gasteiger charge is -2.29. The molecule has 0 unspecified atom stereocenters. The minimum absolute atomic E-state index is 0.168. The van der Waals surface area contributed by atoms with Gasteiger partial charge in [-0.1, -0.05) is 24.3 Å². The third kappa shape index (κ3) is 5.03. The van der Waals surface area contributed by atoms with Crippen molar-refractivity contribution in [2.75, 3.05) is 19.6 Å². The van der Waals surface area contributed by atoms with Crippen LogP contribution in [0.2, 0.25) is 0 Å². The zero-order valence-corrected chi connectivity index (χ0v) is 19.3. The molecule has 0 spiro atoms. The third-order valence-electron chi connectivity index (χ3n) is 6.61. The van der Waals surface area contributed by atoms with Crippen molar-refractivity contribution in [3.63, 3.8) is 0 Å². The van der Waals surface area contributed by atoms with Crippen LogP contribution in [-0.4, -0.2) is 44.2 Å². The molecule has 0 aromatic heterocycles. The lowest BCUT2D eigenvalue weighted by molar-refractivity contribution is -0.137. The molecule has 2 aromatic carbocycles. The molecule has 0 bridgehead atoms. The molecular weight excluding hydrogens is 451 g/mol. The van der Waals surface area contributed by atoms with Gasteiger partial charge in [0.15, 0.2) is 0 Å². The van der Waals surface area contributed by atoms with Crippen molar-refractivity contribution in [3.05, 3.63) is 69.6 Å². The van der Waals surface area contributed by atoms with Gasteiger partial charge in [-0.05, 0) is 74.9 Å². The number of aryl methyl sites for hydroxylation is 1. The highest BCUT2D eigenvalue weighted by Crippen LogP contribution is 2.43. The largest absolute Gasteiger partial charge is 0.416 e. The number of nitrogens with zero attached hydrogens (tertiary/aromatic N) is 1. The summed E-state index contributed by atoms with van der Waals surface area (Å²) in [5, 5.41) is 9.60. The lowest BCUT2D eigenvalue weighted by Crippen LogP contribution is -2.36. The van der Waals surface area contributed by atoms with E-state index in [9.17, 15) is 26.7 Å². The number of rotatable bonds is 6. The molecule has 1 N–H and O–H groups in total. The van der Waals surface area contributed by atoms with E-state index in [0.29, 0.717) is 16.7 Å². The van der Waals surface area contributed by atoms with E-state index in [-0.39, 0.29) is 15.9 Å². The van der Waals surface area contributed by atoms with E-state index in [1.165, 1.54) is 19.1 Å². The summed E-state index contributed by atoms with van der Waals surface area (Å²) in [6.07, 6.45) is -0.310. The Labute approximate surface area is 192 Å². The van der Waals surface area contributed by atoms with Crippen molar-refractivity contribution in [3.8, 4) is 0 Å². The molecule has 2 heterocycles. The van der Waals surface area contributed by atoms with Crippen LogP contribution in [0.3, 0.4) is 0 Å². The number of unbranched alkanes of at least 4 members (excludes halogenated alkanes) is 1. The zero-order chi connectivity index (χ0) is 23.8. The summed E-state index contributed by atoms with van der Waals surface area (Å²) >= 11 is 0. The molecular formula is C25H28F3NO3S. The minimum Gasteiger partial charge on any atom is -0.393 e. The molecule has 4 rings (SSSR count). The van der Waals surface area contributed by atoms with E-state index < -0.39 is 21.6 Å². The van der Waals surface area contributed by atoms with Gasteiger partial charge in [0.05, 0.1) is 21.5 Å². The summed E-state index contributed by atoms with van der Waals surface area (Å²) in [6, 6.07) is 10.0. The van der Waals surface area contributed by atoms with Crippen LogP contribution in [0.15, 0.2) is 52.3 Å². The highest BCUT2D eigenvalue weighted by Gasteiger charge is 2.35. The second-order valence-corrected chi connectivity index (χ2v) is 10.9. The smallest absolute Gasteiger partial charge is 0.393 e. The van der Waals surface area contributed by atoms with Crippen molar-refractivity contribution in [2.24, 2.45) is 0 Å². The SMILES string of the molecule is CC1=C(c2ccc(C(F)(F)F)cc2)c2ccc(CCCCN3CCC(O)CC3)cc2S1(=O)=O. The number of sulfone groups is 1. The molecule has 1 saturated heterocycles. The summed E-state index contributed by atoms with van der Waals surface area (Å²) < 4.78 is 64.8. The summed E-state index contributed by atoms with van der Waals surface area (Å²) in [6.45, 7) is 4.30. The van der Waals surface area contributed by atoms with Gasteiger partial charge in [0.2, 0.25) is 9.84 Å². The van der Waals surface area contributed by atoms with Gasteiger partial charge in [-0.15, -0.1) is 0 Å². The number of halogens is 3. The van der Waals surface area contributed by atoms with Gasteiger partial charge in [0.25, 0.3) is 0 Å². The average molecular weight is 480 g/mol. The number of allylic oxidation sites excluding steroid dienone is 1. The van der Waals surface area contributed by atoms with Gasteiger partial charge < -0.3 is 10.0 Å². The van der Waals surface area contributed by atoms with Crippen LogP contribution < -0.4 is 0 Å². The van der Waals surface area contributed by atoms with Crippen molar-refractivity contribution in [1.29, 1.82) is 0 Å². The van der Waals surface area contributed by atoms with Crippen molar-refractivity contribution < 1.29 is 26.7 Å². The molecule has 2 aliphatic heterocycles. The Balaban J connectivity index is 1.47. The normalized spacial score (nSPS) is 19.2. The van der Waals surface area contributed by atoms with Crippen molar-refractivity contribution >= 4 is 15.4 Å². The van der Waals surface area contributed by atoms with Crippen LogP contribution >= 0.6 is 0 Å². The topological polar surface area (TPSA) is 57.6 Å². The fraction of sp³-hybridized carbons (Fsp3) is 0.440. The van der Waals surface area contributed by atoms with E-state index >= 15 is 0 Å². The molecule has 1 fully saturated rings. The maximum absolute atomic E-state index is 13.0. The van der Waals surface area contributed by atoms with Crippen LogP contribution in [-0.2, 0) is 22.4 Å². The van der Waals surface area contributed by atoms with Gasteiger partial charge in [-0.2, -0.15) is 13.2 Å². The predicted molar refractivity (Wildman–Crippen MR) is 121 cm³/mol. The molecule has 2 aromatic rings. The van der Waals surface area contributed by atoms with E-state index in [0.717, 1.165) is 69.4 Å². The highest BCUT2D eigenvalue weighted by molar-refractivity contribution is 7.95. The fourth-order valence-corrected chi connectivity index (χ4v) is 6.22. The zero-order valence-electron chi connectivity index (χ0n) is 18.5. The Morgan fingerprint density at radius 1 is 1.03 bits per heavy atom. The second kappa shape index (κ2) is 9.24. The highest BCUT2D eigenvalue weighted by atomic mass is 32.2. The second-order valence-electron chi connectivity index (χ2n) is 8.87. The summed E-state index contributed by atoms with van der Waals surface area (Å²) in [5.41, 5.74) is 1.65. The number of likely N-dealkylation sites (tertiary alicyclic amines) is 1. The predicted octanol–water partition coefficient (Wildman–Crippen LogP) is 5.05. The van der Waals surface area contributed by atoms with Crippen LogP contribution in [0.5, 0.6) is 0 Å². The lowest BCUT2D eigenvalue weighted by atomic mass is 9.95. The third-order valence-corrected chi connectivity index (χ3v) is 8.53. The number of piperidine rings is 1. The Hall–Kier alpha value is -2.16. The van der Waals surface area contributed by atoms with Crippen LogP contribution in [0, 0.1) is 0 Å². The molecule has 0 radical (unpaired) electrons. The molecule has 0 amide bonds. The average Bonchev–Trinajstić information content (AvgIpc) is 2.97. The molecule has 2 aliphatic rings. The molecule has 0 atom stereocenters. The Bertz CT molecular complexity index is 1150. The van der Waals surface area contributed by atoms with Crippen LogP contribution in [0.25, 0.3) is 5.57 Å². The first-order valence-corrected chi connectivity index (χ1v) is 12.7. The number of aliphatic hydroxyl groups is 1. The molecule has 4 nitrogen and oxygen atoms in total. The number of alkyl halides is 3. The van der Waals surface area contributed by atoms with Gasteiger partial charge in [-0.3, -0.25) is 0 Å². The first-order valence-electron chi connectivity index (χ1n) is 11.2. The number of benzene rings is 2. The molecule has 8 heteroatoms. The van der Waals surface area contributed by atoms with Crippen molar-refractivity contribution in [1.82, 2.24) is 4.90 Å². The quantitative estimate of drug-likeness (QED) is 0.589. The number of fused-ring (bicyclic) bond motifs is 1. The summed E-state index contributed by atoms with van der Waals surface area (Å²) in [7, 11) is -3.67. The van der Waals surface area contributed by atoms with Crippen LogP contribution in [0.4, 0.5) is 13.2 Å². The Kier molecular flexibility index (Phi) is 6.71. The van der Waals surface area contributed by atoms with Gasteiger partial charge in [0, 0.05) is 24.2 Å². The first kappa shape index (κ1) is 24.0. The van der Waals surface area contributed by atoms with Gasteiger partial charge in [0.1, 0.15) is 0 Å². The number of hydrogen-bond donors (Lipinski definition) is 1. The van der Waals surface area contributed by atoms with Gasteiger partial charge >= 0.3 is 6.18 Å². The van der Waals surface area contributed by atoms with E-state index in [4.69, 9.17) is 0 Å². The maximum atomic E-state index is 13.0. The van der Waals surface area contributed by atoms with Gasteiger partial charge in [-0.25, -0.2) is 8.42 Å². The van der Waals surface area contributed by atoms with E-state index in [1.54, 1.807) is 12.1 Å². The minimum atomic E-state index is -4.44.